The van der Waals surface area contributed by atoms with Crippen molar-refractivity contribution in [2.24, 2.45) is 0 Å². The standard InChI is InChI=1S/C32H32F3N5O5S/c33-32(34,35)22-14-24(36)27-25(15-22)38-30(46-27)39-31(45)40(23-12-10-20(11-13-23)19-4-2-1-3-5-19)17-18-6-8-21(9-7-18)28(42)37-16-26(41)29(43)44/h6-15,19,26,41H,1-5,16-17,36H2,(H,37,42)(H,43,44)(H,38,39,45)/t26-/m1/s1. The molecule has 14 heteroatoms. The Balaban J connectivity index is 1.38. The average molecular weight is 656 g/mol. The monoisotopic (exact) mass is 655 g/mol. The zero-order chi connectivity index (χ0) is 33.0. The van der Waals surface area contributed by atoms with Crippen molar-refractivity contribution in [2.45, 2.75) is 56.8 Å². The Kier molecular flexibility index (Phi) is 9.77. The van der Waals surface area contributed by atoms with Crippen LogP contribution in [0.1, 0.15) is 65.1 Å². The number of carbonyl (C=O) groups excluding carboxylic acids is 2. The molecule has 1 fully saturated rings. The first-order valence-electron chi connectivity index (χ1n) is 14.6. The summed E-state index contributed by atoms with van der Waals surface area (Å²) in [5, 5.41) is 23.3. The van der Waals surface area contributed by atoms with Crippen LogP contribution >= 0.6 is 11.3 Å². The number of alkyl halides is 3. The summed E-state index contributed by atoms with van der Waals surface area (Å²) < 4.78 is 40.3. The molecule has 3 aromatic carbocycles. The molecule has 0 bridgehead atoms. The fraction of sp³-hybridized carbons (Fsp3) is 0.312. The van der Waals surface area contributed by atoms with Gasteiger partial charge >= 0.3 is 18.2 Å². The van der Waals surface area contributed by atoms with Crippen LogP contribution in [0.25, 0.3) is 10.2 Å². The Hall–Kier alpha value is -4.69. The molecule has 0 spiro atoms. The van der Waals surface area contributed by atoms with Crippen molar-refractivity contribution in [3.63, 3.8) is 0 Å². The fourth-order valence-electron chi connectivity index (χ4n) is 5.40. The first-order chi connectivity index (χ1) is 21.9. The summed E-state index contributed by atoms with van der Waals surface area (Å²) in [7, 11) is 0. The van der Waals surface area contributed by atoms with E-state index in [4.69, 9.17) is 10.8 Å². The number of anilines is 3. The molecular weight excluding hydrogens is 623 g/mol. The number of aliphatic hydroxyl groups is 1. The van der Waals surface area contributed by atoms with Crippen LogP contribution in [0.3, 0.4) is 0 Å². The number of aromatic nitrogens is 1. The second-order valence-electron chi connectivity index (χ2n) is 11.1. The summed E-state index contributed by atoms with van der Waals surface area (Å²) >= 11 is 0.964. The average Bonchev–Trinajstić information content (AvgIpc) is 3.45. The highest BCUT2D eigenvalue weighted by atomic mass is 32.1. The number of hydrogen-bond acceptors (Lipinski definition) is 7. The highest BCUT2D eigenvalue weighted by Gasteiger charge is 2.32. The maximum absolute atomic E-state index is 13.7. The Bertz CT molecular complexity index is 1720. The fourth-order valence-corrected chi connectivity index (χ4v) is 6.26. The molecule has 0 unspecified atom stereocenters. The molecule has 3 amide bonds. The van der Waals surface area contributed by atoms with Gasteiger partial charge in [0.25, 0.3) is 5.91 Å². The number of fused-ring (bicyclic) bond motifs is 1. The normalized spacial score (nSPS) is 14.5. The van der Waals surface area contributed by atoms with Gasteiger partial charge in [0.05, 0.1) is 34.6 Å². The highest BCUT2D eigenvalue weighted by Crippen LogP contribution is 2.38. The zero-order valence-electron chi connectivity index (χ0n) is 24.5. The number of thiazole rings is 1. The van der Waals surface area contributed by atoms with Crippen LogP contribution in [-0.4, -0.2) is 45.8 Å². The molecule has 1 aliphatic carbocycles. The first kappa shape index (κ1) is 32.7. The lowest BCUT2D eigenvalue weighted by atomic mass is 9.84. The van der Waals surface area contributed by atoms with Crippen molar-refractivity contribution < 1.29 is 37.8 Å². The minimum atomic E-state index is -4.61. The first-order valence-corrected chi connectivity index (χ1v) is 15.4. The molecule has 4 aromatic rings. The topological polar surface area (TPSA) is 158 Å². The van der Waals surface area contributed by atoms with Gasteiger partial charge in [0.15, 0.2) is 11.2 Å². The number of urea groups is 1. The van der Waals surface area contributed by atoms with Gasteiger partial charge in [-0.15, -0.1) is 0 Å². The number of nitrogens with two attached hydrogens (primary N) is 1. The number of rotatable bonds is 9. The molecular formula is C32H32F3N5O5S. The van der Waals surface area contributed by atoms with E-state index in [2.05, 4.69) is 15.6 Å². The van der Waals surface area contributed by atoms with E-state index in [9.17, 15) is 32.7 Å². The molecule has 1 heterocycles. The number of nitrogen functional groups attached to an aromatic ring is 1. The van der Waals surface area contributed by atoms with E-state index in [1.807, 2.05) is 24.3 Å². The van der Waals surface area contributed by atoms with Crippen LogP contribution in [0.2, 0.25) is 0 Å². The van der Waals surface area contributed by atoms with Crippen LogP contribution in [0.5, 0.6) is 0 Å². The largest absolute Gasteiger partial charge is 0.479 e. The predicted molar refractivity (Wildman–Crippen MR) is 169 cm³/mol. The second-order valence-corrected chi connectivity index (χ2v) is 12.1. The van der Waals surface area contributed by atoms with E-state index < -0.39 is 42.3 Å². The molecule has 5 rings (SSSR count). The third kappa shape index (κ3) is 7.74. The molecule has 0 aliphatic heterocycles. The van der Waals surface area contributed by atoms with Crippen LogP contribution in [0.4, 0.5) is 34.5 Å². The lowest BCUT2D eigenvalue weighted by Crippen LogP contribution is -2.36. The molecule has 1 aliphatic rings. The van der Waals surface area contributed by atoms with E-state index in [0.29, 0.717) is 21.9 Å². The zero-order valence-corrected chi connectivity index (χ0v) is 25.3. The van der Waals surface area contributed by atoms with Crippen molar-refractivity contribution in [2.75, 3.05) is 22.5 Å². The van der Waals surface area contributed by atoms with Crippen molar-refractivity contribution in [1.29, 1.82) is 0 Å². The van der Waals surface area contributed by atoms with Crippen LogP contribution < -0.4 is 21.3 Å². The third-order valence-corrected chi connectivity index (χ3v) is 8.92. The molecule has 1 atom stereocenters. The van der Waals surface area contributed by atoms with E-state index in [1.165, 1.54) is 41.9 Å². The second kappa shape index (κ2) is 13.7. The molecule has 0 saturated heterocycles. The number of benzene rings is 3. The minimum absolute atomic E-state index is 0.0146. The number of amides is 3. The van der Waals surface area contributed by atoms with Crippen molar-refractivity contribution >= 4 is 56.0 Å². The minimum Gasteiger partial charge on any atom is -0.479 e. The van der Waals surface area contributed by atoms with E-state index in [0.717, 1.165) is 36.3 Å². The van der Waals surface area contributed by atoms with Crippen molar-refractivity contribution in [3.8, 4) is 0 Å². The van der Waals surface area contributed by atoms with Gasteiger partial charge in [-0.05, 0) is 66.3 Å². The Morgan fingerprint density at radius 1 is 1.02 bits per heavy atom. The highest BCUT2D eigenvalue weighted by molar-refractivity contribution is 7.23. The number of hydrogen-bond donors (Lipinski definition) is 5. The molecule has 46 heavy (non-hydrogen) atoms. The van der Waals surface area contributed by atoms with Gasteiger partial charge in [-0.3, -0.25) is 15.0 Å². The Morgan fingerprint density at radius 3 is 2.33 bits per heavy atom. The maximum atomic E-state index is 13.7. The summed E-state index contributed by atoms with van der Waals surface area (Å²) in [4.78, 5) is 42.6. The van der Waals surface area contributed by atoms with Crippen molar-refractivity contribution in [3.05, 3.63) is 82.9 Å². The van der Waals surface area contributed by atoms with Gasteiger partial charge in [-0.1, -0.05) is 54.9 Å². The number of aliphatic carboxylic acids is 1. The van der Waals surface area contributed by atoms with Crippen LogP contribution in [0.15, 0.2) is 60.7 Å². The quantitative estimate of drug-likeness (QED) is 0.131. The van der Waals surface area contributed by atoms with E-state index in [1.54, 1.807) is 12.1 Å². The van der Waals surface area contributed by atoms with Gasteiger partial charge in [0, 0.05) is 11.3 Å². The van der Waals surface area contributed by atoms with Gasteiger partial charge in [0.2, 0.25) is 0 Å². The third-order valence-electron chi connectivity index (χ3n) is 7.88. The molecule has 1 saturated carbocycles. The summed E-state index contributed by atoms with van der Waals surface area (Å²) in [6.07, 6.45) is -0.559. The number of nitrogens with one attached hydrogen (secondary N) is 2. The number of carboxylic acid groups (broad SMARTS) is 1. The Labute approximate surface area is 266 Å². The molecule has 242 valence electrons. The number of halogens is 3. The summed E-state index contributed by atoms with van der Waals surface area (Å²) in [6.45, 7) is -0.394. The molecule has 1 aromatic heterocycles. The predicted octanol–water partition coefficient (Wildman–Crippen LogP) is 6.36. The SMILES string of the molecule is Nc1cc(C(F)(F)F)cc2nc(NC(=O)N(Cc3ccc(C(=O)NC[C@@H](O)C(=O)O)cc3)c3ccc(C4CCCCC4)cc3)sc12. The van der Waals surface area contributed by atoms with Gasteiger partial charge in [-0.25, -0.2) is 14.6 Å². The number of nitrogens with zero attached hydrogens (tertiary/aromatic N) is 2. The molecule has 0 radical (unpaired) electrons. The summed E-state index contributed by atoms with van der Waals surface area (Å²) in [6, 6.07) is 15.1. The number of carboxylic acids is 1. The number of aliphatic hydroxyl groups excluding tert-OH is 1. The lowest BCUT2D eigenvalue weighted by Gasteiger charge is -2.25. The van der Waals surface area contributed by atoms with Crippen molar-refractivity contribution in [1.82, 2.24) is 10.3 Å². The number of carbonyl (C=O) groups is 3. The molecule has 10 nitrogen and oxygen atoms in total. The Morgan fingerprint density at radius 2 is 1.70 bits per heavy atom. The van der Waals surface area contributed by atoms with Gasteiger partial charge < -0.3 is 21.3 Å². The lowest BCUT2D eigenvalue weighted by molar-refractivity contribution is -0.146. The van der Waals surface area contributed by atoms with Crippen LogP contribution in [-0.2, 0) is 17.5 Å². The van der Waals surface area contributed by atoms with E-state index >= 15 is 0 Å². The maximum Gasteiger partial charge on any atom is 0.416 e. The summed E-state index contributed by atoms with van der Waals surface area (Å²) in [5.74, 6) is -1.58. The van der Waals surface area contributed by atoms with E-state index in [-0.39, 0.29) is 28.4 Å². The van der Waals surface area contributed by atoms with Crippen LogP contribution in [0, 0.1) is 0 Å². The summed E-state index contributed by atoms with van der Waals surface area (Å²) in [5.41, 5.74) is 7.50. The van der Waals surface area contributed by atoms with Gasteiger partial charge in [-0.2, -0.15) is 13.2 Å². The smallest absolute Gasteiger partial charge is 0.416 e. The molecule has 6 N–H and O–H groups in total. The van der Waals surface area contributed by atoms with Gasteiger partial charge in [0.1, 0.15) is 0 Å².